The van der Waals surface area contributed by atoms with Crippen molar-refractivity contribution in [3.8, 4) is 0 Å². The number of hydrogen-bond donors (Lipinski definition) is 2. The second-order valence-electron chi connectivity index (χ2n) is 17.8. The maximum absolute atomic E-state index is 12.3. The van der Waals surface area contributed by atoms with Crippen molar-refractivity contribution in [1.29, 1.82) is 0 Å². The van der Waals surface area contributed by atoms with Crippen molar-refractivity contribution in [2.75, 3.05) is 26.3 Å². The molecule has 0 aromatic heterocycles. The zero-order valence-electron chi connectivity index (χ0n) is 27.8. The smallest absolute Gasteiger partial charge is 0.323 e. The SMILES string of the molecule is CC12CC[C@@]34CC35CC[C@H](OC3CN([C@H]6CCOC6=O)CCO3)C(C)(C)C5CCC4C1CC1OC([C@H](O)C(C)(C)O)CCC12.[HH]. The van der Waals surface area contributed by atoms with Crippen molar-refractivity contribution in [2.45, 2.75) is 148 Å². The number of aliphatic hydroxyl groups excluding tert-OH is 1. The molecule has 3 aliphatic heterocycles. The fourth-order valence-electron chi connectivity index (χ4n) is 13.2. The van der Waals surface area contributed by atoms with Gasteiger partial charge >= 0.3 is 5.97 Å². The molecule has 2 N–H and O–H groups in total. The van der Waals surface area contributed by atoms with Gasteiger partial charge in [-0.05, 0) is 123 Å². The maximum atomic E-state index is 12.3. The van der Waals surface area contributed by atoms with Gasteiger partial charge in [-0.2, -0.15) is 0 Å². The average Bonchev–Trinajstić information content (AvgIpc) is 3.27. The molecule has 0 radical (unpaired) electrons. The number of nitrogens with zero attached hydrogens (tertiary/aromatic N) is 1. The lowest BCUT2D eigenvalue weighted by molar-refractivity contribution is -0.247. The van der Waals surface area contributed by atoms with Gasteiger partial charge in [-0.3, -0.25) is 9.69 Å². The summed E-state index contributed by atoms with van der Waals surface area (Å²) in [4.78, 5) is 14.5. The fourth-order valence-corrected chi connectivity index (χ4v) is 13.2. The van der Waals surface area contributed by atoms with E-state index in [1.54, 1.807) is 13.8 Å². The van der Waals surface area contributed by atoms with Crippen LogP contribution in [0.1, 0.15) is 107 Å². The number of hydrogen-bond acceptors (Lipinski definition) is 8. The predicted octanol–water partition coefficient (Wildman–Crippen LogP) is 4.93. The van der Waals surface area contributed by atoms with Crippen LogP contribution in [0.5, 0.6) is 0 Å². The number of aliphatic hydroxyl groups is 2. The number of esters is 1. The Bertz CT molecular complexity index is 1160. The summed E-state index contributed by atoms with van der Waals surface area (Å²) in [5.41, 5.74) is 0.189. The van der Waals surface area contributed by atoms with E-state index in [4.69, 9.17) is 18.9 Å². The van der Waals surface area contributed by atoms with E-state index in [0.717, 1.165) is 44.6 Å². The monoisotopic (exact) mass is 617 g/mol. The molecule has 9 unspecified atom stereocenters. The van der Waals surface area contributed by atoms with E-state index >= 15 is 0 Å². The Morgan fingerprint density at radius 2 is 1.77 bits per heavy atom. The highest BCUT2D eigenvalue weighted by molar-refractivity contribution is 5.77. The van der Waals surface area contributed by atoms with Crippen LogP contribution in [0.3, 0.4) is 0 Å². The summed E-state index contributed by atoms with van der Waals surface area (Å²) in [6.07, 6.45) is 11.9. The Kier molecular flexibility index (Phi) is 7.03. The Morgan fingerprint density at radius 1 is 0.977 bits per heavy atom. The van der Waals surface area contributed by atoms with Crippen LogP contribution in [-0.2, 0) is 23.7 Å². The molecule has 8 heteroatoms. The highest BCUT2D eigenvalue weighted by Gasteiger charge is 2.80. The number of fused-ring (bicyclic) bond motifs is 4. The zero-order valence-corrected chi connectivity index (χ0v) is 27.8. The van der Waals surface area contributed by atoms with Crippen molar-refractivity contribution in [2.24, 2.45) is 45.3 Å². The summed E-state index contributed by atoms with van der Waals surface area (Å²) >= 11 is 0. The molecule has 8 fully saturated rings. The van der Waals surface area contributed by atoms with E-state index in [2.05, 4.69) is 25.7 Å². The fraction of sp³-hybridized carbons (Fsp3) is 0.972. The van der Waals surface area contributed by atoms with Crippen LogP contribution in [0.2, 0.25) is 0 Å². The molecule has 2 spiro atoms. The highest BCUT2D eigenvalue weighted by atomic mass is 16.7. The standard InChI is InChI=1S/C36H57NO7.H2/c1-32(2)27-9-7-21-23-18-26-22(6-8-25(43-26)30(38)33(3,4)40)34(23,5)13-14-35(21)20-36(27,35)12-10-28(32)44-29-19-37(15-17-41-29)24-11-16-42-31(24)39;/h21-30,38,40H,6-20H2,1-5H3;1H/t21?,22?,23?,24-,25?,26?,27?,28-,29?,30-,34?,35-,36?;/m0./s1. The summed E-state index contributed by atoms with van der Waals surface area (Å²) in [5, 5.41) is 21.3. The van der Waals surface area contributed by atoms with E-state index in [1.165, 1.54) is 38.5 Å². The van der Waals surface area contributed by atoms with Gasteiger partial charge in [-0.15, -0.1) is 0 Å². The normalized spacial score (nSPS) is 52.2. The molecule has 250 valence electrons. The minimum atomic E-state index is -1.14. The van der Waals surface area contributed by atoms with Crippen LogP contribution in [0, 0.1) is 45.3 Å². The van der Waals surface area contributed by atoms with Gasteiger partial charge in [0.15, 0.2) is 6.29 Å². The van der Waals surface area contributed by atoms with E-state index in [0.29, 0.717) is 53.8 Å². The Labute approximate surface area is 265 Å². The van der Waals surface area contributed by atoms with Gasteiger partial charge in [0.1, 0.15) is 12.1 Å². The third kappa shape index (κ3) is 4.25. The number of carbonyl (C=O) groups excluding carboxylic acids is 1. The molecular formula is C36H59NO7. The van der Waals surface area contributed by atoms with Crippen molar-refractivity contribution in [3.63, 3.8) is 0 Å². The summed E-state index contributed by atoms with van der Waals surface area (Å²) in [6, 6.07) is -0.145. The number of morpholine rings is 1. The first-order valence-electron chi connectivity index (χ1n) is 18.0. The number of carbonyl (C=O) groups is 1. The third-order valence-electron chi connectivity index (χ3n) is 15.4. The van der Waals surface area contributed by atoms with Crippen LogP contribution < -0.4 is 0 Å². The topological polar surface area (TPSA) is 97.7 Å². The minimum absolute atomic E-state index is 0. The molecule has 8 rings (SSSR count). The van der Waals surface area contributed by atoms with Crippen molar-refractivity contribution < 1.29 is 35.4 Å². The number of cyclic esters (lactones) is 1. The zero-order chi connectivity index (χ0) is 30.9. The molecule has 0 amide bonds. The molecule has 0 bridgehead atoms. The Balaban J connectivity index is 0.00000325. The van der Waals surface area contributed by atoms with E-state index in [-0.39, 0.29) is 43.5 Å². The molecular weight excluding hydrogens is 558 g/mol. The first-order valence-corrected chi connectivity index (χ1v) is 18.0. The summed E-state index contributed by atoms with van der Waals surface area (Å²) in [5.74, 6) is 2.63. The van der Waals surface area contributed by atoms with Gasteiger partial charge in [0.05, 0.1) is 43.7 Å². The molecule has 13 atom stereocenters. The van der Waals surface area contributed by atoms with Crippen molar-refractivity contribution in [1.82, 2.24) is 4.90 Å². The lowest BCUT2D eigenvalue weighted by Gasteiger charge is -2.60. The number of ether oxygens (including phenoxy) is 4. The van der Waals surface area contributed by atoms with E-state index in [9.17, 15) is 15.0 Å². The van der Waals surface area contributed by atoms with Crippen LogP contribution in [0.15, 0.2) is 0 Å². The van der Waals surface area contributed by atoms with Crippen LogP contribution in [0.25, 0.3) is 0 Å². The first kappa shape index (κ1) is 30.6. The molecule has 44 heavy (non-hydrogen) atoms. The summed E-state index contributed by atoms with van der Waals surface area (Å²) < 4.78 is 24.9. The summed E-state index contributed by atoms with van der Waals surface area (Å²) in [7, 11) is 0. The molecule has 0 aromatic carbocycles. The van der Waals surface area contributed by atoms with E-state index < -0.39 is 11.7 Å². The lowest BCUT2D eigenvalue weighted by Crippen LogP contribution is -2.57. The minimum Gasteiger partial charge on any atom is -0.464 e. The average molecular weight is 618 g/mol. The van der Waals surface area contributed by atoms with Gasteiger partial charge in [-0.1, -0.05) is 20.8 Å². The Hall–Kier alpha value is -0.770. The van der Waals surface area contributed by atoms with Crippen molar-refractivity contribution in [3.05, 3.63) is 0 Å². The molecule has 5 aliphatic carbocycles. The second-order valence-corrected chi connectivity index (χ2v) is 17.8. The van der Waals surface area contributed by atoms with Crippen LogP contribution >= 0.6 is 0 Å². The van der Waals surface area contributed by atoms with Gasteiger partial charge < -0.3 is 29.2 Å². The van der Waals surface area contributed by atoms with Gasteiger partial charge in [0.2, 0.25) is 0 Å². The lowest BCUT2D eigenvalue weighted by atomic mass is 9.46. The van der Waals surface area contributed by atoms with Gasteiger partial charge in [-0.25, -0.2) is 0 Å². The highest BCUT2D eigenvalue weighted by Crippen LogP contribution is 2.87. The molecule has 3 heterocycles. The quantitative estimate of drug-likeness (QED) is 0.420. The molecule has 0 aromatic rings. The second kappa shape index (κ2) is 10.1. The van der Waals surface area contributed by atoms with Crippen LogP contribution in [0.4, 0.5) is 0 Å². The molecule has 8 aliphatic rings. The first-order chi connectivity index (χ1) is 20.8. The van der Waals surface area contributed by atoms with Gasteiger partial charge in [0, 0.05) is 14.4 Å². The molecule has 8 nitrogen and oxygen atoms in total. The predicted molar refractivity (Wildman–Crippen MR) is 166 cm³/mol. The van der Waals surface area contributed by atoms with Crippen molar-refractivity contribution >= 4 is 5.97 Å². The number of rotatable bonds is 5. The largest absolute Gasteiger partial charge is 0.464 e. The Morgan fingerprint density at radius 3 is 2.52 bits per heavy atom. The van der Waals surface area contributed by atoms with E-state index in [1.807, 2.05) is 0 Å². The maximum Gasteiger partial charge on any atom is 0.323 e. The molecule has 3 saturated heterocycles. The summed E-state index contributed by atoms with van der Waals surface area (Å²) in [6.45, 7) is 13.5. The molecule has 5 saturated carbocycles. The van der Waals surface area contributed by atoms with Gasteiger partial charge in [0.25, 0.3) is 0 Å². The third-order valence-corrected chi connectivity index (χ3v) is 15.4. The van der Waals surface area contributed by atoms with Crippen LogP contribution in [-0.4, -0.2) is 89.7 Å².